The number of hydrogen-bond donors (Lipinski definition) is 2. The number of carbonyl (C=O) groups is 1. The molecule has 1 aromatic carbocycles. The molecule has 0 aromatic heterocycles. The van der Waals surface area contributed by atoms with Crippen LogP contribution in [0.2, 0.25) is 0 Å². The van der Waals surface area contributed by atoms with Crippen molar-refractivity contribution in [2.75, 3.05) is 18.5 Å². The Morgan fingerprint density at radius 1 is 1.22 bits per heavy atom. The fraction of sp³-hybridized carbons (Fsp3) is 0.462. The van der Waals surface area contributed by atoms with Crippen molar-refractivity contribution >= 4 is 11.7 Å². The maximum absolute atomic E-state index is 12.0. The minimum absolute atomic E-state index is 0.0696. The zero-order valence-electron chi connectivity index (χ0n) is 12.0. The van der Waals surface area contributed by atoms with Gasteiger partial charge in [0.1, 0.15) is 12.4 Å². The molecule has 1 atom stereocenters. The molecule has 0 saturated carbocycles. The second-order valence-electron chi connectivity index (χ2n) is 4.53. The highest BCUT2D eigenvalue weighted by molar-refractivity contribution is 5.89. The van der Waals surface area contributed by atoms with E-state index in [2.05, 4.69) is 20.1 Å². The Morgan fingerprint density at radius 2 is 1.83 bits per heavy atom. The van der Waals surface area contributed by atoms with E-state index in [1.807, 2.05) is 0 Å². The predicted molar refractivity (Wildman–Crippen MR) is 71.6 cm³/mol. The molecular formula is C13H15F5N2O3. The van der Waals surface area contributed by atoms with Crippen molar-refractivity contribution < 1.29 is 36.2 Å². The number of benzene rings is 1. The van der Waals surface area contributed by atoms with Crippen molar-refractivity contribution in [3.63, 3.8) is 0 Å². The van der Waals surface area contributed by atoms with E-state index >= 15 is 0 Å². The van der Waals surface area contributed by atoms with E-state index in [9.17, 15) is 26.7 Å². The molecule has 0 spiro atoms. The summed E-state index contributed by atoms with van der Waals surface area (Å²) in [4.78, 5) is 11.6. The van der Waals surface area contributed by atoms with Gasteiger partial charge in [-0.2, -0.15) is 22.0 Å². The molecule has 0 aliphatic carbocycles. The van der Waals surface area contributed by atoms with E-state index in [1.165, 1.54) is 31.2 Å². The van der Waals surface area contributed by atoms with Gasteiger partial charge in [0.15, 0.2) is 0 Å². The number of alkyl halides is 5. The third kappa shape index (κ3) is 8.81. The third-order valence-corrected chi connectivity index (χ3v) is 2.35. The van der Waals surface area contributed by atoms with Crippen LogP contribution >= 0.6 is 0 Å². The first-order chi connectivity index (χ1) is 10.7. The van der Waals surface area contributed by atoms with E-state index < -0.39 is 31.5 Å². The summed E-state index contributed by atoms with van der Waals surface area (Å²) in [7, 11) is 0. The Kier molecular flexibility index (Phi) is 7.01. The molecule has 2 N–H and O–H groups in total. The molecular weight excluding hydrogens is 327 g/mol. The average Bonchev–Trinajstić information content (AvgIpc) is 2.38. The van der Waals surface area contributed by atoms with Gasteiger partial charge in [0.25, 0.3) is 0 Å². The van der Waals surface area contributed by atoms with Crippen LogP contribution in [0.25, 0.3) is 0 Å². The fourth-order valence-electron chi connectivity index (χ4n) is 1.50. The van der Waals surface area contributed by atoms with Gasteiger partial charge in [0, 0.05) is 5.69 Å². The van der Waals surface area contributed by atoms with Crippen molar-refractivity contribution in [1.82, 2.24) is 5.32 Å². The summed E-state index contributed by atoms with van der Waals surface area (Å²) in [6.45, 7) is -3.19. The smallest absolute Gasteiger partial charge is 0.411 e. The lowest BCUT2D eigenvalue weighted by atomic mass is 10.3. The highest BCUT2D eigenvalue weighted by Crippen LogP contribution is 2.17. The van der Waals surface area contributed by atoms with Gasteiger partial charge in [0.2, 0.25) is 0 Å². The first kappa shape index (κ1) is 18.9. The van der Waals surface area contributed by atoms with Gasteiger partial charge in [0.05, 0.1) is 12.6 Å². The van der Waals surface area contributed by atoms with Gasteiger partial charge in [-0.25, -0.2) is 4.79 Å². The summed E-state index contributed by atoms with van der Waals surface area (Å²) in [6, 6.07) is 3.81. The Morgan fingerprint density at radius 3 is 2.35 bits per heavy atom. The molecule has 130 valence electrons. The Hall–Kier alpha value is -2.10. The second kappa shape index (κ2) is 8.51. The fourth-order valence-corrected chi connectivity index (χ4v) is 1.50. The SMILES string of the molecule is C[C@@H](COCC(F)(F)F)NC(=O)Nc1ccc(OC(F)F)cc1. The molecule has 23 heavy (non-hydrogen) atoms. The zero-order valence-corrected chi connectivity index (χ0v) is 12.0. The summed E-state index contributed by atoms with van der Waals surface area (Å²) in [6.07, 6.45) is -4.43. The van der Waals surface area contributed by atoms with Gasteiger partial charge < -0.3 is 20.1 Å². The van der Waals surface area contributed by atoms with Gasteiger partial charge in [-0.1, -0.05) is 0 Å². The van der Waals surface area contributed by atoms with E-state index in [-0.39, 0.29) is 12.4 Å². The molecule has 0 aliphatic rings. The number of anilines is 1. The quantitative estimate of drug-likeness (QED) is 0.747. The van der Waals surface area contributed by atoms with Gasteiger partial charge in [-0.15, -0.1) is 0 Å². The van der Waals surface area contributed by atoms with E-state index in [4.69, 9.17) is 0 Å². The number of amides is 2. The van der Waals surface area contributed by atoms with Gasteiger partial charge in [-0.05, 0) is 31.2 Å². The van der Waals surface area contributed by atoms with Crippen LogP contribution in [0.5, 0.6) is 5.75 Å². The molecule has 0 fully saturated rings. The average molecular weight is 342 g/mol. The Labute approximate surface area is 128 Å². The number of ether oxygens (including phenoxy) is 2. The lowest BCUT2D eigenvalue weighted by molar-refractivity contribution is -0.174. The standard InChI is InChI=1S/C13H15F5N2O3/c1-8(6-22-7-13(16,17)18)19-12(21)20-9-2-4-10(5-3-9)23-11(14)15/h2-5,8,11H,6-7H2,1H3,(H2,19,20,21)/t8-/m0/s1. The maximum Gasteiger partial charge on any atom is 0.411 e. The molecule has 0 saturated heterocycles. The summed E-state index contributed by atoms with van der Waals surface area (Å²) < 4.78 is 68.1. The minimum atomic E-state index is -4.43. The normalized spacial score (nSPS) is 12.8. The summed E-state index contributed by atoms with van der Waals surface area (Å²) in [5.41, 5.74) is 0.299. The molecule has 0 radical (unpaired) electrons. The summed E-state index contributed by atoms with van der Waals surface area (Å²) in [5.74, 6) is -0.0696. The van der Waals surface area contributed by atoms with Crippen molar-refractivity contribution in [2.24, 2.45) is 0 Å². The number of rotatable bonds is 7. The number of urea groups is 1. The van der Waals surface area contributed by atoms with Crippen molar-refractivity contribution in [1.29, 1.82) is 0 Å². The van der Waals surface area contributed by atoms with Crippen LogP contribution in [0, 0.1) is 0 Å². The molecule has 1 rings (SSSR count). The summed E-state index contributed by atoms with van der Waals surface area (Å²) >= 11 is 0. The molecule has 5 nitrogen and oxygen atoms in total. The Balaban J connectivity index is 2.35. The maximum atomic E-state index is 12.0. The monoisotopic (exact) mass is 342 g/mol. The molecule has 0 heterocycles. The summed E-state index contributed by atoms with van der Waals surface area (Å²) in [5, 5.41) is 4.76. The molecule has 1 aromatic rings. The van der Waals surface area contributed by atoms with Gasteiger partial charge in [-0.3, -0.25) is 0 Å². The van der Waals surface area contributed by atoms with Crippen LogP contribution in [-0.2, 0) is 4.74 Å². The van der Waals surface area contributed by atoms with Gasteiger partial charge >= 0.3 is 18.8 Å². The van der Waals surface area contributed by atoms with Crippen LogP contribution < -0.4 is 15.4 Å². The molecule has 0 bridgehead atoms. The van der Waals surface area contributed by atoms with Crippen molar-refractivity contribution in [3.8, 4) is 5.75 Å². The van der Waals surface area contributed by atoms with E-state index in [0.29, 0.717) is 5.69 Å². The zero-order chi connectivity index (χ0) is 17.5. The molecule has 0 unspecified atom stereocenters. The first-order valence-corrected chi connectivity index (χ1v) is 6.42. The molecule has 2 amide bonds. The van der Waals surface area contributed by atoms with E-state index in [0.717, 1.165) is 0 Å². The minimum Gasteiger partial charge on any atom is -0.435 e. The molecule has 10 heteroatoms. The number of halogens is 5. The second-order valence-corrected chi connectivity index (χ2v) is 4.53. The predicted octanol–water partition coefficient (Wildman–Crippen LogP) is 3.38. The lowest BCUT2D eigenvalue weighted by Gasteiger charge is -2.16. The van der Waals surface area contributed by atoms with Crippen LogP contribution in [0.3, 0.4) is 0 Å². The molecule has 0 aliphatic heterocycles. The lowest BCUT2D eigenvalue weighted by Crippen LogP contribution is -2.39. The number of hydrogen-bond acceptors (Lipinski definition) is 3. The van der Waals surface area contributed by atoms with Crippen molar-refractivity contribution in [3.05, 3.63) is 24.3 Å². The number of nitrogens with one attached hydrogen (secondary N) is 2. The third-order valence-electron chi connectivity index (χ3n) is 2.35. The largest absolute Gasteiger partial charge is 0.435 e. The van der Waals surface area contributed by atoms with Crippen LogP contribution in [0.15, 0.2) is 24.3 Å². The number of carbonyl (C=O) groups excluding carboxylic acids is 1. The van der Waals surface area contributed by atoms with Crippen molar-refractivity contribution in [2.45, 2.75) is 25.8 Å². The van der Waals surface area contributed by atoms with E-state index in [1.54, 1.807) is 0 Å². The van der Waals surface area contributed by atoms with Crippen LogP contribution in [-0.4, -0.2) is 38.1 Å². The van der Waals surface area contributed by atoms with Crippen LogP contribution in [0.1, 0.15) is 6.92 Å². The highest BCUT2D eigenvalue weighted by atomic mass is 19.4. The first-order valence-electron chi connectivity index (χ1n) is 6.42. The Bertz CT molecular complexity index is 493. The highest BCUT2D eigenvalue weighted by Gasteiger charge is 2.27. The topological polar surface area (TPSA) is 59.6 Å². The van der Waals surface area contributed by atoms with Crippen LogP contribution in [0.4, 0.5) is 32.4 Å².